The van der Waals surface area contributed by atoms with Gasteiger partial charge in [0.15, 0.2) is 10.1 Å². The second-order valence-corrected chi connectivity index (χ2v) is 10.5. The first-order valence-corrected chi connectivity index (χ1v) is 11.6. The van der Waals surface area contributed by atoms with Crippen LogP contribution < -0.4 is 10.6 Å². The number of hydrogen-bond donors (Lipinski definition) is 1. The minimum atomic E-state index is -0.439. The number of nitriles is 1. The number of rotatable bonds is 4. The van der Waals surface area contributed by atoms with Gasteiger partial charge in [0.1, 0.15) is 5.82 Å². The summed E-state index contributed by atoms with van der Waals surface area (Å²) in [6.07, 6.45) is 1.96. The van der Waals surface area contributed by atoms with Crippen LogP contribution >= 0.6 is 23.1 Å². The summed E-state index contributed by atoms with van der Waals surface area (Å²) in [7, 11) is 0. The third-order valence-electron chi connectivity index (χ3n) is 5.21. The van der Waals surface area contributed by atoms with E-state index in [2.05, 4.69) is 30.1 Å². The number of aromatic nitrogens is 2. The Morgan fingerprint density at radius 2 is 2.13 bits per heavy atom. The molecule has 0 saturated carbocycles. The maximum atomic E-state index is 13.1. The summed E-state index contributed by atoms with van der Waals surface area (Å²) in [6, 6.07) is 10.2. The van der Waals surface area contributed by atoms with Crippen LogP contribution in [0.5, 0.6) is 0 Å². The van der Waals surface area contributed by atoms with Crippen LogP contribution in [0.25, 0.3) is 0 Å². The Hall–Kier alpha value is -2.63. The van der Waals surface area contributed by atoms with Gasteiger partial charge in [-0.1, -0.05) is 66.8 Å². The van der Waals surface area contributed by atoms with E-state index >= 15 is 0 Å². The lowest BCUT2D eigenvalue weighted by atomic mass is 9.75. The first-order chi connectivity index (χ1) is 14.4. The molecule has 2 N–H and O–H groups in total. The zero-order chi connectivity index (χ0) is 21.4. The quantitative estimate of drug-likeness (QED) is 0.695. The van der Waals surface area contributed by atoms with Gasteiger partial charge in [-0.2, -0.15) is 5.26 Å². The van der Waals surface area contributed by atoms with E-state index in [9.17, 15) is 10.1 Å². The Kier molecular flexibility index (Phi) is 5.67. The van der Waals surface area contributed by atoms with E-state index in [4.69, 9.17) is 5.73 Å². The number of ketones is 1. The molecule has 0 radical (unpaired) electrons. The number of carbonyl (C=O) groups is 1. The van der Waals surface area contributed by atoms with Crippen molar-refractivity contribution in [2.45, 2.75) is 55.5 Å². The summed E-state index contributed by atoms with van der Waals surface area (Å²) in [5.41, 5.74) is 10.5. The van der Waals surface area contributed by atoms with Gasteiger partial charge >= 0.3 is 0 Å². The topological polar surface area (TPSA) is 95.9 Å². The zero-order valence-corrected chi connectivity index (χ0v) is 18.8. The first-order valence-electron chi connectivity index (χ1n) is 9.93. The minimum Gasteiger partial charge on any atom is -0.384 e. The molecule has 154 valence electrons. The van der Waals surface area contributed by atoms with Crippen LogP contribution in [0, 0.1) is 18.3 Å². The largest absolute Gasteiger partial charge is 0.384 e. The SMILES string of the molecule is Cc1cccc(C2C(C#N)=C(N)N(c3nnc(SC(C)C)s3)C3=C2C(=O)CCC3)c1. The number of hydrogen-bond acceptors (Lipinski definition) is 8. The predicted molar refractivity (Wildman–Crippen MR) is 120 cm³/mol. The normalized spacial score (nSPS) is 19.4. The van der Waals surface area contributed by atoms with Gasteiger partial charge in [-0.3, -0.25) is 9.69 Å². The molecule has 1 aromatic heterocycles. The molecule has 0 saturated heterocycles. The zero-order valence-electron chi connectivity index (χ0n) is 17.2. The van der Waals surface area contributed by atoms with E-state index in [0.717, 1.165) is 34.0 Å². The van der Waals surface area contributed by atoms with Crippen LogP contribution in [0.4, 0.5) is 5.13 Å². The third kappa shape index (κ3) is 3.64. The molecule has 0 fully saturated rings. The van der Waals surface area contributed by atoms with Crippen molar-refractivity contribution in [3.05, 3.63) is 58.1 Å². The smallest absolute Gasteiger partial charge is 0.219 e. The van der Waals surface area contributed by atoms with E-state index in [-0.39, 0.29) is 5.78 Å². The number of aryl methyl sites for hydroxylation is 1. The Morgan fingerprint density at radius 1 is 1.33 bits per heavy atom. The molecule has 1 aliphatic carbocycles. The fourth-order valence-electron chi connectivity index (χ4n) is 4.03. The Morgan fingerprint density at radius 3 is 2.83 bits per heavy atom. The molecule has 1 atom stereocenters. The molecule has 6 nitrogen and oxygen atoms in total. The second kappa shape index (κ2) is 8.25. The van der Waals surface area contributed by atoms with Crippen molar-refractivity contribution >= 4 is 34.0 Å². The molecule has 4 rings (SSSR count). The number of carbonyl (C=O) groups excluding carboxylic acids is 1. The Labute approximate surface area is 184 Å². The molecule has 1 aliphatic heterocycles. The van der Waals surface area contributed by atoms with E-state index in [1.165, 1.54) is 11.3 Å². The molecule has 2 aromatic rings. The molecular weight excluding hydrogens is 414 g/mol. The Balaban J connectivity index is 1.89. The number of Topliss-reactive ketones (excluding diaryl/α,β-unsaturated/α-hetero) is 1. The molecule has 0 amide bonds. The monoisotopic (exact) mass is 437 g/mol. The van der Waals surface area contributed by atoms with Gasteiger partial charge in [-0.25, -0.2) is 0 Å². The highest BCUT2D eigenvalue weighted by molar-refractivity contribution is 8.01. The van der Waals surface area contributed by atoms with Crippen molar-refractivity contribution in [2.75, 3.05) is 4.90 Å². The second-order valence-electron chi connectivity index (χ2n) is 7.75. The van der Waals surface area contributed by atoms with Crippen molar-refractivity contribution in [2.24, 2.45) is 5.73 Å². The molecule has 30 heavy (non-hydrogen) atoms. The summed E-state index contributed by atoms with van der Waals surface area (Å²) < 4.78 is 0.844. The van der Waals surface area contributed by atoms with Gasteiger partial charge in [0.2, 0.25) is 5.13 Å². The van der Waals surface area contributed by atoms with Crippen LogP contribution in [-0.4, -0.2) is 21.2 Å². The summed E-state index contributed by atoms with van der Waals surface area (Å²) in [5.74, 6) is -0.0182. The van der Waals surface area contributed by atoms with Crippen molar-refractivity contribution in [1.82, 2.24) is 10.2 Å². The minimum absolute atomic E-state index is 0.0781. The lowest BCUT2D eigenvalue weighted by molar-refractivity contribution is -0.116. The van der Waals surface area contributed by atoms with Gasteiger partial charge in [-0.05, 0) is 25.3 Å². The van der Waals surface area contributed by atoms with E-state index in [1.54, 1.807) is 16.7 Å². The molecule has 1 unspecified atom stereocenters. The van der Waals surface area contributed by atoms with Crippen LogP contribution in [0.2, 0.25) is 0 Å². The number of nitrogens with zero attached hydrogens (tertiary/aromatic N) is 4. The standard InChI is InChI=1S/C22H23N5OS2/c1-12(2)29-22-26-25-21(30-22)27-16-8-5-9-17(28)19(16)18(15(11-23)20(27)24)14-7-4-6-13(3)10-14/h4,6-7,10,12,18H,5,8-9,24H2,1-3H3. The molecule has 1 aromatic carbocycles. The average Bonchev–Trinajstić information content (AvgIpc) is 3.14. The highest BCUT2D eigenvalue weighted by Gasteiger charge is 2.41. The van der Waals surface area contributed by atoms with E-state index in [1.807, 2.05) is 31.2 Å². The summed E-state index contributed by atoms with van der Waals surface area (Å²) in [4.78, 5) is 14.9. The molecule has 2 aliphatic rings. The predicted octanol–water partition coefficient (Wildman–Crippen LogP) is 4.65. The number of benzene rings is 1. The van der Waals surface area contributed by atoms with Crippen molar-refractivity contribution in [3.8, 4) is 6.07 Å². The van der Waals surface area contributed by atoms with Crippen molar-refractivity contribution in [3.63, 3.8) is 0 Å². The molecule has 0 spiro atoms. The average molecular weight is 438 g/mol. The van der Waals surface area contributed by atoms with Gasteiger partial charge in [0, 0.05) is 22.9 Å². The van der Waals surface area contributed by atoms with Crippen LogP contribution in [-0.2, 0) is 4.79 Å². The van der Waals surface area contributed by atoms with Gasteiger partial charge in [0.05, 0.1) is 17.6 Å². The third-order valence-corrected chi connectivity index (χ3v) is 7.21. The highest BCUT2D eigenvalue weighted by atomic mass is 32.2. The highest BCUT2D eigenvalue weighted by Crippen LogP contribution is 2.47. The molecule has 0 bridgehead atoms. The Bertz CT molecular complexity index is 1110. The van der Waals surface area contributed by atoms with E-state index < -0.39 is 5.92 Å². The first kappa shape index (κ1) is 20.6. The summed E-state index contributed by atoms with van der Waals surface area (Å²) >= 11 is 3.07. The van der Waals surface area contributed by atoms with Gasteiger partial charge < -0.3 is 5.73 Å². The lowest BCUT2D eigenvalue weighted by Gasteiger charge is -2.38. The van der Waals surface area contributed by atoms with Crippen LogP contribution in [0.3, 0.4) is 0 Å². The van der Waals surface area contributed by atoms with Crippen molar-refractivity contribution < 1.29 is 4.79 Å². The maximum Gasteiger partial charge on any atom is 0.219 e. The molecular formula is C22H23N5OS2. The molecule has 8 heteroatoms. The number of thioether (sulfide) groups is 1. The van der Waals surface area contributed by atoms with Gasteiger partial charge in [-0.15, -0.1) is 10.2 Å². The number of anilines is 1. The fourth-order valence-corrected chi connectivity index (χ4v) is 6.13. The lowest BCUT2D eigenvalue weighted by Crippen LogP contribution is -2.38. The molecule has 2 heterocycles. The number of allylic oxidation sites excluding steroid dienone is 3. The fraction of sp³-hybridized carbons (Fsp3) is 0.364. The van der Waals surface area contributed by atoms with Gasteiger partial charge in [0.25, 0.3) is 0 Å². The van der Waals surface area contributed by atoms with E-state index in [0.29, 0.717) is 33.8 Å². The van der Waals surface area contributed by atoms with Crippen molar-refractivity contribution in [1.29, 1.82) is 5.26 Å². The summed E-state index contributed by atoms with van der Waals surface area (Å²) in [6.45, 7) is 6.20. The number of nitrogens with two attached hydrogens (primary N) is 1. The van der Waals surface area contributed by atoms with Crippen LogP contribution in [0.15, 0.2) is 51.3 Å². The summed E-state index contributed by atoms with van der Waals surface area (Å²) in [5, 5.41) is 19.7. The maximum absolute atomic E-state index is 13.1. The van der Waals surface area contributed by atoms with Crippen LogP contribution in [0.1, 0.15) is 50.2 Å².